The van der Waals surface area contributed by atoms with Crippen molar-refractivity contribution in [1.82, 2.24) is 14.8 Å². The molecule has 0 spiro atoms. The third kappa shape index (κ3) is 2.66. The number of aromatic nitrogens is 3. The van der Waals surface area contributed by atoms with Crippen LogP contribution in [0.3, 0.4) is 0 Å². The Morgan fingerprint density at radius 3 is 2.79 bits per heavy atom. The molecule has 2 rings (SSSR count). The Kier molecular flexibility index (Phi) is 3.96. The fourth-order valence-corrected chi connectivity index (χ4v) is 2.81. The van der Waals surface area contributed by atoms with Crippen molar-refractivity contribution >= 4 is 11.8 Å². The topological polar surface area (TPSA) is 85.9 Å². The highest BCUT2D eigenvalue weighted by Gasteiger charge is 2.16. The molecule has 102 valence electrons. The van der Waals surface area contributed by atoms with Crippen LogP contribution < -0.4 is 16.2 Å². The number of ether oxygens (including phenoxy) is 1. The first-order valence-corrected chi connectivity index (χ1v) is 6.58. The van der Waals surface area contributed by atoms with Gasteiger partial charge in [0.05, 0.1) is 7.11 Å². The van der Waals surface area contributed by atoms with Crippen molar-refractivity contribution in [3.8, 4) is 5.75 Å². The number of hydrogen-bond donors (Lipinski definition) is 2. The third-order valence-corrected chi connectivity index (χ3v) is 3.87. The minimum absolute atomic E-state index is 0.172. The summed E-state index contributed by atoms with van der Waals surface area (Å²) in [4.78, 5) is 12.3. The highest BCUT2D eigenvalue weighted by Crippen LogP contribution is 2.36. The van der Waals surface area contributed by atoms with E-state index in [2.05, 4.69) is 10.2 Å². The van der Waals surface area contributed by atoms with Gasteiger partial charge in [0.15, 0.2) is 5.16 Å². The molecule has 0 bridgehead atoms. The zero-order valence-electron chi connectivity index (χ0n) is 11.0. The summed E-state index contributed by atoms with van der Waals surface area (Å²) in [5.41, 5.74) is 6.66. The average Bonchev–Trinajstić information content (AvgIpc) is 2.70. The minimum Gasteiger partial charge on any atom is -0.496 e. The maximum Gasteiger partial charge on any atom is 0.343 e. The van der Waals surface area contributed by atoms with Crippen LogP contribution in [0.15, 0.2) is 33.0 Å². The van der Waals surface area contributed by atoms with E-state index in [9.17, 15) is 4.79 Å². The molecule has 1 aromatic heterocycles. The molecule has 7 heteroatoms. The van der Waals surface area contributed by atoms with Gasteiger partial charge in [0.25, 0.3) is 0 Å². The number of nitrogens with zero attached hydrogens (tertiary/aromatic N) is 2. The molecule has 2 aromatic rings. The van der Waals surface area contributed by atoms with Crippen molar-refractivity contribution in [3.05, 3.63) is 34.2 Å². The summed E-state index contributed by atoms with van der Waals surface area (Å²) in [5, 5.41) is 6.97. The molecule has 1 heterocycles. The van der Waals surface area contributed by atoms with Crippen molar-refractivity contribution < 1.29 is 4.74 Å². The van der Waals surface area contributed by atoms with Crippen LogP contribution in [0.25, 0.3) is 0 Å². The first-order valence-electron chi connectivity index (χ1n) is 5.76. The second-order valence-corrected chi connectivity index (χ2v) is 5.14. The van der Waals surface area contributed by atoms with E-state index in [1.807, 2.05) is 25.1 Å². The van der Waals surface area contributed by atoms with Gasteiger partial charge in [-0.25, -0.2) is 9.89 Å². The summed E-state index contributed by atoms with van der Waals surface area (Å²) >= 11 is 1.38. The van der Waals surface area contributed by atoms with Gasteiger partial charge in [0.1, 0.15) is 5.75 Å². The second kappa shape index (κ2) is 5.50. The van der Waals surface area contributed by atoms with Crippen LogP contribution >= 0.6 is 11.8 Å². The third-order valence-electron chi connectivity index (χ3n) is 2.74. The van der Waals surface area contributed by atoms with E-state index in [1.54, 1.807) is 14.2 Å². The molecule has 6 nitrogen and oxygen atoms in total. The van der Waals surface area contributed by atoms with E-state index in [0.717, 1.165) is 16.2 Å². The highest BCUT2D eigenvalue weighted by atomic mass is 32.2. The van der Waals surface area contributed by atoms with Gasteiger partial charge in [-0.05, 0) is 30.8 Å². The fourth-order valence-electron chi connectivity index (χ4n) is 1.76. The van der Waals surface area contributed by atoms with Crippen LogP contribution in [0.5, 0.6) is 5.75 Å². The first-order chi connectivity index (χ1) is 9.04. The molecule has 0 saturated heterocycles. The molecule has 0 saturated carbocycles. The maximum atomic E-state index is 11.4. The Morgan fingerprint density at radius 2 is 2.26 bits per heavy atom. The molecular weight excluding hydrogens is 264 g/mol. The largest absolute Gasteiger partial charge is 0.496 e. The molecule has 3 N–H and O–H groups in total. The predicted octanol–water partition coefficient (Wildman–Crippen LogP) is 1.29. The van der Waals surface area contributed by atoms with E-state index in [-0.39, 0.29) is 11.7 Å². The molecule has 0 amide bonds. The van der Waals surface area contributed by atoms with Gasteiger partial charge in [0.2, 0.25) is 0 Å². The Hall–Kier alpha value is -1.73. The van der Waals surface area contributed by atoms with Gasteiger partial charge in [-0.1, -0.05) is 6.07 Å². The number of H-pyrrole nitrogens is 1. The monoisotopic (exact) mass is 280 g/mol. The van der Waals surface area contributed by atoms with Gasteiger partial charge in [-0.15, -0.1) is 5.10 Å². The summed E-state index contributed by atoms with van der Waals surface area (Å²) in [6.45, 7) is 1.89. The lowest BCUT2D eigenvalue weighted by Crippen LogP contribution is -2.13. The Morgan fingerprint density at radius 1 is 1.53 bits per heavy atom. The van der Waals surface area contributed by atoms with Crippen LogP contribution in [0.4, 0.5) is 0 Å². The molecular formula is C12H16N4O2S. The molecule has 0 radical (unpaired) electrons. The van der Waals surface area contributed by atoms with Crippen LogP contribution in [0, 0.1) is 0 Å². The Bertz CT molecular complexity index is 633. The number of methoxy groups -OCH3 is 1. The van der Waals surface area contributed by atoms with Crippen molar-refractivity contribution in [2.75, 3.05) is 7.11 Å². The molecule has 1 aromatic carbocycles. The molecule has 0 fully saturated rings. The molecule has 0 unspecified atom stereocenters. The van der Waals surface area contributed by atoms with Crippen molar-refractivity contribution in [3.63, 3.8) is 0 Å². The van der Waals surface area contributed by atoms with Gasteiger partial charge in [0, 0.05) is 23.5 Å². The normalized spacial score (nSPS) is 12.4. The predicted molar refractivity (Wildman–Crippen MR) is 73.5 cm³/mol. The number of benzene rings is 1. The van der Waals surface area contributed by atoms with E-state index in [0.29, 0.717) is 5.16 Å². The van der Waals surface area contributed by atoms with Crippen molar-refractivity contribution in [1.29, 1.82) is 0 Å². The molecule has 19 heavy (non-hydrogen) atoms. The summed E-state index contributed by atoms with van der Waals surface area (Å²) < 4.78 is 6.78. The first kappa shape index (κ1) is 13.7. The standard InChI is InChI=1S/C12H16N4O2S/c1-7(13)10-8(18-3)5-4-6-9(10)19-12-15-14-11(17)16(12)2/h4-7H,13H2,1-3H3,(H,14,17)/t7-/m1/s1. The highest BCUT2D eigenvalue weighted by molar-refractivity contribution is 7.99. The number of nitrogens with one attached hydrogen (secondary N) is 1. The van der Waals surface area contributed by atoms with E-state index >= 15 is 0 Å². The van der Waals surface area contributed by atoms with Crippen LogP contribution in [-0.4, -0.2) is 21.9 Å². The molecule has 0 aliphatic carbocycles. The second-order valence-electron chi connectivity index (χ2n) is 4.13. The van der Waals surface area contributed by atoms with Gasteiger partial charge < -0.3 is 10.5 Å². The summed E-state index contributed by atoms with van der Waals surface area (Å²) in [6.07, 6.45) is 0. The Labute approximate surface area is 115 Å². The average molecular weight is 280 g/mol. The number of rotatable bonds is 4. The number of nitrogens with two attached hydrogens (primary N) is 1. The zero-order chi connectivity index (χ0) is 14.0. The minimum atomic E-state index is -0.243. The Balaban J connectivity index is 2.45. The smallest absolute Gasteiger partial charge is 0.343 e. The molecule has 0 aliphatic heterocycles. The lowest BCUT2D eigenvalue weighted by molar-refractivity contribution is 0.405. The maximum absolute atomic E-state index is 11.4. The number of hydrogen-bond acceptors (Lipinski definition) is 5. The van der Waals surface area contributed by atoms with Gasteiger partial charge in [-0.2, -0.15) is 0 Å². The lowest BCUT2D eigenvalue weighted by Gasteiger charge is -2.15. The van der Waals surface area contributed by atoms with Crippen molar-refractivity contribution in [2.45, 2.75) is 23.0 Å². The summed E-state index contributed by atoms with van der Waals surface area (Å²) in [7, 11) is 3.28. The molecule has 0 aliphatic rings. The van der Waals surface area contributed by atoms with Crippen molar-refractivity contribution in [2.24, 2.45) is 12.8 Å². The van der Waals surface area contributed by atoms with Crippen LogP contribution in [0.1, 0.15) is 18.5 Å². The number of aromatic amines is 1. The quantitative estimate of drug-likeness (QED) is 0.881. The van der Waals surface area contributed by atoms with Crippen LogP contribution in [-0.2, 0) is 7.05 Å². The van der Waals surface area contributed by atoms with E-state index < -0.39 is 0 Å². The SMILES string of the molecule is COc1cccc(Sc2n[nH]c(=O)n2C)c1[C@@H](C)N. The molecule has 1 atom stereocenters. The van der Waals surface area contributed by atoms with Gasteiger partial charge >= 0.3 is 5.69 Å². The van der Waals surface area contributed by atoms with E-state index in [1.165, 1.54) is 16.3 Å². The van der Waals surface area contributed by atoms with Crippen LogP contribution in [0.2, 0.25) is 0 Å². The van der Waals surface area contributed by atoms with Gasteiger partial charge in [-0.3, -0.25) is 4.57 Å². The van der Waals surface area contributed by atoms with E-state index in [4.69, 9.17) is 10.5 Å². The zero-order valence-corrected chi connectivity index (χ0v) is 11.8. The lowest BCUT2D eigenvalue weighted by atomic mass is 10.1. The summed E-state index contributed by atoms with van der Waals surface area (Å²) in [5.74, 6) is 0.737. The summed E-state index contributed by atoms with van der Waals surface area (Å²) in [6, 6.07) is 5.52. The fraction of sp³-hybridized carbons (Fsp3) is 0.333.